The molecule has 1 saturated heterocycles. The smallest absolute Gasteiger partial charge is 0.191 e. The lowest BCUT2D eigenvalue weighted by molar-refractivity contribution is 0.0424. The second-order valence-corrected chi connectivity index (χ2v) is 8.47. The first-order valence-electron chi connectivity index (χ1n) is 9.65. The Balaban J connectivity index is 1.66. The second kappa shape index (κ2) is 10.8. The van der Waals surface area contributed by atoms with Gasteiger partial charge in [-0.1, -0.05) is 20.8 Å². The van der Waals surface area contributed by atoms with Crippen molar-refractivity contribution in [3.05, 3.63) is 16.1 Å². The fourth-order valence-corrected chi connectivity index (χ4v) is 3.57. The quantitative estimate of drug-likeness (QED) is 0.390. The average Bonchev–Trinajstić information content (AvgIpc) is 3.25. The Labute approximate surface area is 161 Å². The van der Waals surface area contributed by atoms with Crippen molar-refractivity contribution in [2.45, 2.75) is 58.5 Å². The van der Waals surface area contributed by atoms with E-state index in [0.717, 1.165) is 64.7 Å². The van der Waals surface area contributed by atoms with Gasteiger partial charge in [0.15, 0.2) is 5.96 Å². The van der Waals surface area contributed by atoms with E-state index in [1.54, 1.807) is 11.3 Å². The lowest BCUT2D eigenvalue weighted by atomic mass is 9.93. The van der Waals surface area contributed by atoms with Gasteiger partial charge in [0.05, 0.1) is 23.4 Å². The minimum atomic E-state index is 0.116. The van der Waals surface area contributed by atoms with E-state index < -0.39 is 0 Å². The Morgan fingerprint density at radius 3 is 2.92 bits per heavy atom. The molecule has 0 amide bonds. The monoisotopic (exact) mass is 382 g/mol. The molecule has 1 aromatic heterocycles. The lowest BCUT2D eigenvalue weighted by Crippen LogP contribution is -2.38. The molecule has 1 atom stereocenters. The van der Waals surface area contributed by atoms with E-state index in [9.17, 15) is 0 Å². The summed E-state index contributed by atoms with van der Waals surface area (Å²) in [5.41, 5.74) is 1.29. The molecule has 26 heavy (non-hydrogen) atoms. The van der Waals surface area contributed by atoms with E-state index in [1.165, 1.54) is 10.7 Å². The van der Waals surface area contributed by atoms with Crippen molar-refractivity contribution in [1.82, 2.24) is 15.6 Å². The third kappa shape index (κ3) is 7.60. The van der Waals surface area contributed by atoms with Gasteiger partial charge in [-0.2, -0.15) is 0 Å². The predicted molar refractivity (Wildman–Crippen MR) is 108 cm³/mol. The van der Waals surface area contributed by atoms with Crippen LogP contribution in [0.25, 0.3) is 0 Å². The maximum atomic E-state index is 5.77. The van der Waals surface area contributed by atoms with Crippen molar-refractivity contribution in [3.8, 4) is 0 Å². The van der Waals surface area contributed by atoms with E-state index in [-0.39, 0.29) is 11.5 Å². The highest BCUT2D eigenvalue weighted by Gasteiger charge is 2.17. The van der Waals surface area contributed by atoms with Gasteiger partial charge in [-0.05, 0) is 19.8 Å². The highest BCUT2D eigenvalue weighted by atomic mass is 32.1. The average molecular weight is 383 g/mol. The van der Waals surface area contributed by atoms with Crippen LogP contribution in [-0.4, -0.2) is 56.5 Å². The van der Waals surface area contributed by atoms with Gasteiger partial charge in [-0.25, -0.2) is 4.98 Å². The van der Waals surface area contributed by atoms with Crippen LogP contribution in [0.2, 0.25) is 0 Å². The molecule has 7 heteroatoms. The Kier molecular flexibility index (Phi) is 8.81. The number of hydrogen-bond donors (Lipinski definition) is 2. The van der Waals surface area contributed by atoms with Crippen LogP contribution < -0.4 is 10.6 Å². The van der Waals surface area contributed by atoms with Crippen LogP contribution in [0.1, 0.15) is 51.2 Å². The summed E-state index contributed by atoms with van der Waals surface area (Å²) in [6.45, 7) is 13.4. The number of ether oxygens (including phenoxy) is 2. The molecule has 1 fully saturated rings. The number of nitrogens with zero attached hydrogens (tertiary/aromatic N) is 2. The first kappa shape index (κ1) is 21.1. The molecule has 1 aliphatic rings. The van der Waals surface area contributed by atoms with Crippen LogP contribution in [-0.2, 0) is 21.3 Å². The zero-order chi connectivity index (χ0) is 18.8. The molecule has 0 saturated carbocycles. The molecule has 148 valence electrons. The van der Waals surface area contributed by atoms with Crippen molar-refractivity contribution in [2.24, 2.45) is 4.99 Å². The SMILES string of the molecule is CCNC(=NCCCOC1CCOC1)NCCc1nc(C(C)(C)C)cs1. The highest BCUT2D eigenvalue weighted by Crippen LogP contribution is 2.23. The maximum absolute atomic E-state index is 5.77. The Morgan fingerprint density at radius 2 is 2.27 bits per heavy atom. The van der Waals surface area contributed by atoms with Gasteiger partial charge in [0.25, 0.3) is 0 Å². The fraction of sp³-hybridized carbons (Fsp3) is 0.789. The molecule has 0 radical (unpaired) electrons. The number of aliphatic imine (C=N–C) groups is 1. The zero-order valence-electron chi connectivity index (χ0n) is 16.6. The molecule has 1 aromatic rings. The van der Waals surface area contributed by atoms with E-state index >= 15 is 0 Å². The molecule has 2 heterocycles. The Morgan fingerprint density at radius 1 is 1.42 bits per heavy atom. The standard InChI is InChI=1S/C19H34N4O2S/c1-5-20-18(21-9-6-11-25-15-8-12-24-13-15)22-10-7-17-23-16(14-26-17)19(2,3)4/h14-15H,5-13H2,1-4H3,(H2,20,21,22). The van der Waals surface area contributed by atoms with Gasteiger partial charge in [0.2, 0.25) is 0 Å². The molecule has 1 aliphatic heterocycles. The van der Waals surface area contributed by atoms with Crippen LogP contribution in [0.5, 0.6) is 0 Å². The van der Waals surface area contributed by atoms with Crippen LogP contribution in [0.4, 0.5) is 0 Å². The Hall–Kier alpha value is -1.18. The van der Waals surface area contributed by atoms with E-state index in [0.29, 0.717) is 0 Å². The number of hydrogen-bond acceptors (Lipinski definition) is 5. The first-order chi connectivity index (χ1) is 12.5. The number of nitrogens with one attached hydrogen (secondary N) is 2. The van der Waals surface area contributed by atoms with E-state index in [2.05, 4.69) is 48.7 Å². The summed E-state index contributed by atoms with van der Waals surface area (Å²) in [6, 6.07) is 0. The minimum Gasteiger partial charge on any atom is -0.379 e. The van der Waals surface area contributed by atoms with Crippen molar-refractivity contribution in [2.75, 3.05) is 39.5 Å². The summed E-state index contributed by atoms with van der Waals surface area (Å²) < 4.78 is 11.1. The third-order valence-electron chi connectivity index (χ3n) is 4.11. The maximum Gasteiger partial charge on any atom is 0.191 e. The van der Waals surface area contributed by atoms with Crippen LogP contribution in [0, 0.1) is 0 Å². The molecule has 1 unspecified atom stereocenters. The molecule has 2 N–H and O–H groups in total. The van der Waals surface area contributed by atoms with Crippen molar-refractivity contribution < 1.29 is 9.47 Å². The molecule has 2 rings (SSSR count). The molecule has 6 nitrogen and oxygen atoms in total. The summed E-state index contributed by atoms with van der Waals surface area (Å²) in [6.07, 6.45) is 3.13. The topological polar surface area (TPSA) is 67.8 Å². The molecular weight excluding hydrogens is 348 g/mol. The number of thiazole rings is 1. The number of guanidine groups is 1. The van der Waals surface area contributed by atoms with Gasteiger partial charge in [-0.3, -0.25) is 4.99 Å². The van der Waals surface area contributed by atoms with E-state index in [4.69, 9.17) is 14.5 Å². The largest absolute Gasteiger partial charge is 0.379 e. The second-order valence-electron chi connectivity index (χ2n) is 7.52. The van der Waals surface area contributed by atoms with Gasteiger partial charge >= 0.3 is 0 Å². The molecule has 0 aromatic carbocycles. The van der Waals surface area contributed by atoms with Crippen molar-refractivity contribution in [3.63, 3.8) is 0 Å². The van der Waals surface area contributed by atoms with Crippen LogP contribution >= 0.6 is 11.3 Å². The first-order valence-corrected chi connectivity index (χ1v) is 10.5. The van der Waals surface area contributed by atoms with Crippen LogP contribution in [0.3, 0.4) is 0 Å². The zero-order valence-corrected chi connectivity index (χ0v) is 17.5. The Bertz CT molecular complexity index is 548. The summed E-state index contributed by atoms with van der Waals surface area (Å²) in [5, 5.41) is 10.0. The van der Waals surface area contributed by atoms with Crippen molar-refractivity contribution >= 4 is 17.3 Å². The summed E-state index contributed by atoms with van der Waals surface area (Å²) in [7, 11) is 0. The third-order valence-corrected chi connectivity index (χ3v) is 5.02. The summed E-state index contributed by atoms with van der Waals surface area (Å²) in [4.78, 5) is 9.36. The van der Waals surface area contributed by atoms with Gasteiger partial charge in [0.1, 0.15) is 0 Å². The molecule has 0 spiro atoms. The molecule has 0 bridgehead atoms. The van der Waals surface area contributed by atoms with Gasteiger partial charge in [-0.15, -0.1) is 11.3 Å². The van der Waals surface area contributed by atoms with Crippen molar-refractivity contribution in [1.29, 1.82) is 0 Å². The van der Waals surface area contributed by atoms with E-state index in [1.807, 2.05) is 0 Å². The highest BCUT2D eigenvalue weighted by molar-refractivity contribution is 7.09. The summed E-state index contributed by atoms with van der Waals surface area (Å²) in [5.74, 6) is 0.865. The molecular formula is C19H34N4O2S. The van der Waals surface area contributed by atoms with Gasteiger partial charge < -0.3 is 20.1 Å². The predicted octanol–water partition coefficient (Wildman–Crippen LogP) is 2.73. The van der Waals surface area contributed by atoms with Gasteiger partial charge in [0, 0.05) is 50.1 Å². The normalized spacial score (nSPS) is 18.3. The fourth-order valence-electron chi connectivity index (χ4n) is 2.55. The van der Waals surface area contributed by atoms with Crippen LogP contribution in [0.15, 0.2) is 10.4 Å². The minimum absolute atomic E-state index is 0.116. The number of aromatic nitrogens is 1. The summed E-state index contributed by atoms with van der Waals surface area (Å²) >= 11 is 1.74. The molecule has 0 aliphatic carbocycles. The number of rotatable bonds is 9. The lowest BCUT2D eigenvalue weighted by Gasteiger charge is -2.14.